The second-order valence-corrected chi connectivity index (χ2v) is 6.74. The number of carbonyl (C=O) groups is 1. The Morgan fingerprint density at radius 1 is 1.32 bits per heavy atom. The fourth-order valence-corrected chi connectivity index (χ4v) is 2.91. The minimum atomic E-state index is -0.443. The van der Waals surface area contributed by atoms with Crippen molar-refractivity contribution < 1.29 is 9.53 Å². The molecule has 0 unspecified atom stereocenters. The number of hydrogen-bond acceptors (Lipinski definition) is 4. The minimum Gasteiger partial charge on any atom is -0.444 e. The van der Waals surface area contributed by atoms with Crippen molar-refractivity contribution in [3.63, 3.8) is 0 Å². The van der Waals surface area contributed by atoms with Crippen LogP contribution >= 0.6 is 0 Å². The Morgan fingerprint density at radius 2 is 2.05 bits per heavy atom. The first kappa shape index (κ1) is 14.8. The Balaban J connectivity index is 1.67. The first-order chi connectivity index (χ1) is 10.4. The monoisotopic (exact) mass is 302 g/mol. The van der Waals surface area contributed by atoms with E-state index in [1.165, 1.54) is 5.56 Å². The van der Waals surface area contributed by atoms with Crippen LogP contribution in [0.15, 0.2) is 18.6 Å². The molecule has 0 spiro atoms. The summed E-state index contributed by atoms with van der Waals surface area (Å²) in [5, 5.41) is 0. The number of imidazole rings is 1. The second-order valence-electron chi connectivity index (χ2n) is 6.74. The molecule has 0 aliphatic carbocycles. The number of hydrogen-bond donors (Lipinski definition) is 1. The molecule has 1 saturated heterocycles. The van der Waals surface area contributed by atoms with Crippen LogP contribution in [0.2, 0.25) is 0 Å². The molecule has 1 aliphatic rings. The molecule has 118 valence electrons. The number of likely N-dealkylation sites (tertiary alicyclic amines) is 1. The molecule has 0 bridgehead atoms. The van der Waals surface area contributed by atoms with Gasteiger partial charge < -0.3 is 14.6 Å². The second kappa shape index (κ2) is 5.59. The van der Waals surface area contributed by atoms with E-state index in [4.69, 9.17) is 4.74 Å². The fraction of sp³-hybridized carbons (Fsp3) is 0.562. The van der Waals surface area contributed by atoms with Crippen molar-refractivity contribution in [2.24, 2.45) is 0 Å². The van der Waals surface area contributed by atoms with Gasteiger partial charge in [0, 0.05) is 19.3 Å². The average Bonchev–Trinajstić information content (AvgIpc) is 2.94. The topological polar surface area (TPSA) is 71.1 Å². The van der Waals surface area contributed by atoms with Gasteiger partial charge >= 0.3 is 6.09 Å². The summed E-state index contributed by atoms with van der Waals surface area (Å²) < 4.78 is 5.44. The molecule has 22 heavy (non-hydrogen) atoms. The Bertz CT molecular complexity index is 666. The summed E-state index contributed by atoms with van der Waals surface area (Å²) in [5.41, 5.74) is 2.57. The number of piperidine rings is 1. The van der Waals surface area contributed by atoms with Gasteiger partial charge in [-0.2, -0.15) is 0 Å². The van der Waals surface area contributed by atoms with Crippen LogP contribution in [0, 0.1) is 0 Å². The summed E-state index contributed by atoms with van der Waals surface area (Å²) in [6, 6.07) is 2.05. The lowest BCUT2D eigenvalue weighted by atomic mass is 9.89. The molecule has 3 heterocycles. The van der Waals surface area contributed by atoms with E-state index in [-0.39, 0.29) is 6.09 Å². The Hall–Kier alpha value is -2.11. The van der Waals surface area contributed by atoms with E-state index in [1.54, 1.807) is 17.4 Å². The highest BCUT2D eigenvalue weighted by Crippen LogP contribution is 2.31. The van der Waals surface area contributed by atoms with Crippen LogP contribution in [-0.2, 0) is 4.74 Å². The van der Waals surface area contributed by atoms with Crippen LogP contribution in [-0.4, -0.2) is 44.6 Å². The lowest BCUT2D eigenvalue weighted by Crippen LogP contribution is -2.41. The van der Waals surface area contributed by atoms with Crippen molar-refractivity contribution in [3.8, 4) is 0 Å². The normalized spacial score (nSPS) is 17.0. The van der Waals surface area contributed by atoms with Crippen molar-refractivity contribution in [2.45, 2.75) is 45.1 Å². The number of nitrogens with zero attached hydrogens (tertiary/aromatic N) is 3. The highest BCUT2D eigenvalue weighted by molar-refractivity contribution is 5.74. The van der Waals surface area contributed by atoms with E-state index in [9.17, 15) is 4.79 Å². The van der Waals surface area contributed by atoms with Crippen molar-refractivity contribution in [1.82, 2.24) is 19.9 Å². The summed E-state index contributed by atoms with van der Waals surface area (Å²) in [7, 11) is 0. The van der Waals surface area contributed by atoms with E-state index < -0.39 is 5.60 Å². The zero-order valence-electron chi connectivity index (χ0n) is 13.3. The van der Waals surface area contributed by atoms with Crippen molar-refractivity contribution in [3.05, 3.63) is 24.2 Å². The lowest BCUT2D eigenvalue weighted by Gasteiger charge is -2.33. The van der Waals surface area contributed by atoms with E-state index in [0.29, 0.717) is 5.92 Å². The van der Waals surface area contributed by atoms with Gasteiger partial charge in [0.25, 0.3) is 0 Å². The molecule has 0 radical (unpaired) electrons. The van der Waals surface area contributed by atoms with Crippen molar-refractivity contribution >= 4 is 17.3 Å². The molecular formula is C16H22N4O2. The molecular weight excluding hydrogens is 280 g/mol. The number of pyridine rings is 1. The maximum atomic E-state index is 12.1. The number of ether oxygens (including phenoxy) is 1. The number of aromatic nitrogens is 3. The van der Waals surface area contributed by atoms with Gasteiger partial charge in [-0.1, -0.05) is 0 Å². The quantitative estimate of drug-likeness (QED) is 0.878. The standard InChI is InChI=1S/C16H22N4O2/c1-16(2,3)22-15(21)20-8-5-11(6-9-20)12-4-7-17-14-13(12)18-10-19-14/h4,7,10-11H,5-6,8-9H2,1-3H3,(H,17,18,19). The lowest BCUT2D eigenvalue weighted by molar-refractivity contribution is 0.0205. The Labute approximate surface area is 129 Å². The molecule has 2 aromatic heterocycles. The summed E-state index contributed by atoms with van der Waals surface area (Å²) >= 11 is 0. The molecule has 3 rings (SSSR count). The van der Waals surface area contributed by atoms with Crippen LogP contribution in [0.5, 0.6) is 0 Å². The Kier molecular flexibility index (Phi) is 3.76. The van der Waals surface area contributed by atoms with Gasteiger partial charge in [-0.25, -0.2) is 14.8 Å². The molecule has 6 nitrogen and oxygen atoms in total. The molecule has 6 heteroatoms. The molecule has 0 saturated carbocycles. The number of nitrogens with one attached hydrogen (secondary N) is 1. The summed E-state index contributed by atoms with van der Waals surface area (Å²) in [5.74, 6) is 0.421. The van der Waals surface area contributed by atoms with Gasteiger partial charge in [0.2, 0.25) is 0 Å². The van der Waals surface area contributed by atoms with Gasteiger partial charge in [0.05, 0.1) is 11.8 Å². The third-order valence-corrected chi connectivity index (χ3v) is 3.95. The van der Waals surface area contributed by atoms with Crippen LogP contribution in [0.3, 0.4) is 0 Å². The number of rotatable bonds is 1. The Morgan fingerprint density at radius 3 is 2.73 bits per heavy atom. The van der Waals surface area contributed by atoms with Gasteiger partial charge in [-0.15, -0.1) is 0 Å². The largest absolute Gasteiger partial charge is 0.444 e. The van der Waals surface area contributed by atoms with Crippen LogP contribution < -0.4 is 0 Å². The van der Waals surface area contributed by atoms with E-state index in [2.05, 4.69) is 15.0 Å². The van der Waals surface area contributed by atoms with Crippen LogP contribution in [0.1, 0.15) is 45.1 Å². The van der Waals surface area contributed by atoms with E-state index in [0.717, 1.165) is 37.1 Å². The maximum absolute atomic E-state index is 12.1. The minimum absolute atomic E-state index is 0.215. The molecule has 1 fully saturated rings. The number of amides is 1. The predicted octanol–water partition coefficient (Wildman–Crippen LogP) is 3.07. The molecule has 0 aromatic carbocycles. The van der Waals surface area contributed by atoms with Gasteiger partial charge in [-0.3, -0.25) is 0 Å². The number of fused-ring (bicyclic) bond motifs is 1. The molecule has 0 atom stereocenters. The van der Waals surface area contributed by atoms with E-state index >= 15 is 0 Å². The molecule has 2 aromatic rings. The highest BCUT2D eigenvalue weighted by atomic mass is 16.6. The van der Waals surface area contributed by atoms with Gasteiger partial charge in [0.1, 0.15) is 5.60 Å². The number of H-pyrrole nitrogens is 1. The first-order valence-corrected chi connectivity index (χ1v) is 7.70. The fourth-order valence-electron chi connectivity index (χ4n) is 2.91. The zero-order chi connectivity index (χ0) is 15.7. The third-order valence-electron chi connectivity index (χ3n) is 3.95. The third kappa shape index (κ3) is 3.05. The summed E-state index contributed by atoms with van der Waals surface area (Å²) in [4.78, 5) is 25.5. The summed E-state index contributed by atoms with van der Waals surface area (Å²) in [6.45, 7) is 7.12. The van der Waals surface area contributed by atoms with E-state index in [1.807, 2.05) is 26.8 Å². The van der Waals surface area contributed by atoms with Gasteiger partial charge in [0.15, 0.2) is 5.65 Å². The maximum Gasteiger partial charge on any atom is 0.410 e. The molecule has 1 N–H and O–H groups in total. The predicted molar refractivity (Wildman–Crippen MR) is 83.7 cm³/mol. The van der Waals surface area contributed by atoms with Crippen LogP contribution in [0.4, 0.5) is 4.79 Å². The van der Waals surface area contributed by atoms with Gasteiger partial charge in [-0.05, 0) is 51.2 Å². The smallest absolute Gasteiger partial charge is 0.410 e. The molecule has 1 aliphatic heterocycles. The number of aromatic amines is 1. The van der Waals surface area contributed by atoms with Crippen molar-refractivity contribution in [2.75, 3.05) is 13.1 Å². The SMILES string of the molecule is CC(C)(C)OC(=O)N1CCC(c2ccnc3nc[nH]c23)CC1. The first-order valence-electron chi connectivity index (χ1n) is 7.70. The van der Waals surface area contributed by atoms with Crippen molar-refractivity contribution in [1.29, 1.82) is 0 Å². The number of carbonyl (C=O) groups excluding carboxylic acids is 1. The highest BCUT2D eigenvalue weighted by Gasteiger charge is 2.28. The van der Waals surface area contributed by atoms with Crippen LogP contribution in [0.25, 0.3) is 11.2 Å². The zero-order valence-corrected chi connectivity index (χ0v) is 13.3. The summed E-state index contributed by atoms with van der Waals surface area (Å²) in [6.07, 6.45) is 5.12. The molecule has 1 amide bonds. The average molecular weight is 302 g/mol.